The third-order valence-corrected chi connectivity index (χ3v) is 4.54. The Labute approximate surface area is 148 Å². The lowest BCUT2D eigenvalue weighted by Gasteiger charge is -2.17. The number of amides is 2. The minimum Gasteiger partial charge on any atom is -0.345 e. The molecule has 0 unspecified atom stereocenters. The van der Waals surface area contributed by atoms with Gasteiger partial charge in [0.05, 0.1) is 23.3 Å². The third-order valence-electron chi connectivity index (χ3n) is 4.30. The summed E-state index contributed by atoms with van der Waals surface area (Å²) in [7, 11) is 0. The zero-order valence-electron chi connectivity index (χ0n) is 13.2. The molecular formula is C18H15ClN4O2. The van der Waals surface area contributed by atoms with Crippen LogP contribution in [0.15, 0.2) is 48.8 Å². The molecule has 1 aliphatic rings. The molecule has 0 radical (unpaired) electrons. The minimum absolute atomic E-state index is 0.0774. The van der Waals surface area contributed by atoms with Gasteiger partial charge in [-0.25, -0.2) is 4.98 Å². The monoisotopic (exact) mass is 354 g/mol. The first-order valence-electron chi connectivity index (χ1n) is 7.90. The van der Waals surface area contributed by atoms with Gasteiger partial charge in [0, 0.05) is 29.4 Å². The van der Waals surface area contributed by atoms with Crippen molar-refractivity contribution in [2.24, 2.45) is 5.92 Å². The van der Waals surface area contributed by atoms with E-state index in [1.807, 2.05) is 18.2 Å². The van der Waals surface area contributed by atoms with Gasteiger partial charge in [-0.1, -0.05) is 17.7 Å². The van der Waals surface area contributed by atoms with Crippen molar-refractivity contribution in [1.29, 1.82) is 0 Å². The maximum Gasteiger partial charge on any atom is 0.229 e. The number of nitrogens with one attached hydrogen (secondary N) is 2. The van der Waals surface area contributed by atoms with Gasteiger partial charge in [-0.3, -0.25) is 9.59 Å². The van der Waals surface area contributed by atoms with Crippen LogP contribution in [0.4, 0.5) is 11.4 Å². The molecule has 0 aliphatic carbocycles. The molecule has 1 aromatic heterocycles. The summed E-state index contributed by atoms with van der Waals surface area (Å²) in [4.78, 5) is 33.6. The maximum absolute atomic E-state index is 12.5. The normalized spacial score (nSPS) is 17.2. The van der Waals surface area contributed by atoms with E-state index in [0.717, 1.165) is 11.0 Å². The van der Waals surface area contributed by atoms with Gasteiger partial charge in [-0.05, 0) is 36.4 Å². The fourth-order valence-electron chi connectivity index (χ4n) is 3.03. The molecule has 7 heteroatoms. The van der Waals surface area contributed by atoms with E-state index in [4.69, 9.17) is 11.6 Å². The average Bonchev–Trinajstić information content (AvgIpc) is 3.20. The second-order valence-electron chi connectivity index (χ2n) is 6.01. The molecule has 2 N–H and O–H groups in total. The molecule has 1 saturated heterocycles. The smallest absolute Gasteiger partial charge is 0.229 e. The van der Waals surface area contributed by atoms with Gasteiger partial charge in [0.25, 0.3) is 0 Å². The molecule has 25 heavy (non-hydrogen) atoms. The van der Waals surface area contributed by atoms with Crippen LogP contribution in [-0.4, -0.2) is 28.3 Å². The van der Waals surface area contributed by atoms with Crippen molar-refractivity contribution in [2.45, 2.75) is 6.42 Å². The number of carbonyl (C=O) groups is 2. The lowest BCUT2D eigenvalue weighted by molar-refractivity contribution is -0.122. The van der Waals surface area contributed by atoms with Crippen molar-refractivity contribution in [3.8, 4) is 0 Å². The van der Waals surface area contributed by atoms with Crippen molar-refractivity contribution in [3.05, 3.63) is 53.8 Å². The van der Waals surface area contributed by atoms with Gasteiger partial charge in [0.1, 0.15) is 0 Å². The summed E-state index contributed by atoms with van der Waals surface area (Å²) in [6, 6.07) is 12.5. The number of carbonyl (C=O) groups excluding carboxylic acids is 2. The van der Waals surface area contributed by atoms with E-state index in [1.165, 1.54) is 0 Å². The molecule has 1 atom stereocenters. The third kappa shape index (κ3) is 3.08. The van der Waals surface area contributed by atoms with Crippen LogP contribution in [0.5, 0.6) is 0 Å². The summed E-state index contributed by atoms with van der Waals surface area (Å²) < 4.78 is 0. The Hall–Kier alpha value is -2.86. The topological polar surface area (TPSA) is 78.1 Å². The molecule has 2 amide bonds. The predicted molar refractivity (Wildman–Crippen MR) is 96.6 cm³/mol. The molecular weight excluding hydrogens is 340 g/mol. The Morgan fingerprint density at radius 3 is 3.00 bits per heavy atom. The van der Waals surface area contributed by atoms with E-state index in [9.17, 15) is 9.59 Å². The number of halogens is 1. The number of hydrogen-bond acceptors (Lipinski definition) is 3. The fourth-order valence-corrected chi connectivity index (χ4v) is 3.22. The highest BCUT2D eigenvalue weighted by atomic mass is 35.5. The number of H-pyrrole nitrogens is 1. The molecule has 1 fully saturated rings. The fraction of sp³-hybridized carbons (Fsp3) is 0.167. The SMILES string of the molecule is O=C(Nc1ccc2nc[nH]c2c1)[C@H]1CC(=O)N(c2cccc(Cl)c2)C1. The first-order valence-corrected chi connectivity index (χ1v) is 8.28. The van der Waals surface area contributed by atoms with Gasteiger partial charge in [0.15, 0.2) is 0 Å². The van der Waals surface area contributed by atoms with Crippen LogP contribution in [0.1, 0.15) is 6.42 Å². The number of hydrogen-bond donors (Lipinski definition) is 2. The number of benzene rings is 2. The number of aromatic amines is 1. The van der Waals surface area contributed by atoms with Crippen LogP contribution in [0, 0.1) is 5.92 Å². The highest BCUT2D eigenvalue weighted by Gasteiger charge is 2.35. The second-order valence-corrected chi connectivity index (χ2v) is 6.45. The van der Waals surface area contributed by atoms with Crippen molar-refractivity contribution in [3.63, 3.8) is 0 Å². The molecule has 0 spiro atoms. The summed E-state index contributed by atoms with van der Waals surface area (Å²) in [5, 5.41) is 3.44. The zero-order chi connectivity index (χ0) is 17.4. The maximum atomic E-state index is 12.5. The number of rotatable bonds is 3. The molecule has 0 saturated carbocycles. The van der Waals surface area contributed by atoms with Crippen molar-refractivity contribution < 1.29 is 9.59 Å². The predicted octanol–water partition coefficient (Wildman–Crippen LogP) is 3.21. The van der Waals surface area contributed by atoms with Gasteiger partial charge in [-0.15, -0.1) is 0 Å². The lowest BCUT2D eigenvalue weighted by atomic mass is 10.1. The zero-order valence-corrected chi connectivity index (χ0v) is 14.0. The van der Waals surface area contributed by atoms with Crippen molar-refractivity contribution in [1.82, 2.24) is 9.97 Å². The van der Waals surface area contributed by atoms with Gasteiger partial charge in [-0.2, -0.15) is 0 Å². The highest BCUT2D eigenvalue weighted by Crippen LogP contribution is 2.28. The number of anilines is 2. The van der Waals surface area contributed by atoms with E-state index < -0.39 is 5.92 Å². The first-order chi connectivity index (χ1) is 12.1. The van der Waals surface area contributed by atoms with Crippen LogP contribution in [0.3, 0.4) is 0 Å². The quantitative estimate of drug-likeness (QED) is 0.758. The van der Waals surface area contributed by atoms with Gasteiger partial charge >= 0.3 is 0 Å². The van der Waals surface area contributed by atoms with Crippen LogP contribution < -0.4 is 10.2 Å². The molecule has 1 aliphatic heterocycles. The van der Waals surface area contributed by atoms with E-state index in [-0.39, 0.29) is 18.2 Å². The number of imidazole rings is 1. The molecule has 6 nitrogen and oxygen atoms in total. The average molecular weight is 355 g/mol. The lowest BCUT2D eigenvalue weighted by Crippen LogP contribution is -2.28. The molecule has 4 rings (SSSR count). The number of fused-ring (bicyclic) bond motifs is 1. The van der Waals surface area contributed by atoms with Gasteiger partial charge < -0.3 is 15.2 Å². The Balaban J connectivity index is 1.48. The largest absolute Gasteiger partial charge is 0.345 e. The molecule has 3 aromatic rings. The summed E-state index contributed by atoms with van der Waals surface area (Å²) in [5.41, 5.74) is 3.07. The highest BCUT2D eigenvalue weighted by molar-refractivity contribution is 6.31. The van der Waals surface area contributed by atoms with Crippen molar-refractivity contribution >= 4 is 45.8 Å². The summed E-state index contributed by atoms with van der Waals surface area (Å²) in [5.74, 6) is -0.646. The van der Waals surface area contributed by atoms with E-state index in [1.54, 1.807) is 35.5 Å². The van der Waals surface area contributed by atoms with Crippen LogP contribution in [-0.2, 0) is 9.59 Å². The first kappa shape index (κ1) is 15.7. The van der Waals surface area contributed by atoms with Gasteiger partial charge in [0.2, 0.25) is 11.8 Å². The molecule has 2 aromatic carbocycles. The van der Waals surface area contributed by atoms with Crippen LogP contribution in [0.25, 0.3) is 11.0 Å². The Bertz CT molecular complexity index is 968. The standard InChI is InChI=1S/C18H15ClN4O2/c19-12-2-1-3-14(7-12)23-9-11(6-17(23)24)18(25)22-13-4-5-15-16(8-13)21-10-20-15/h1-5,7-8,10-11H,6,9H2,(H,20,21)(H,22,25)/t11-/m0/s1. The second kappa shape index (κ2) is 6.22. The van der Waals surface area contributed by atoms with Crippen LogP contribution >= 0.6 is 11.6 Å². The van der Waals surface area contributed by atoms with E-state index in [0.29, 0.717) is 22.9 Å². The van der Waals surface area contributed by atoms with E-state index >= 15 is 0 Å². The summed E-state index contributed by atoms with van der Waals surface area (Å²) in [6.07, 6.45) is 1.79. The molecule has 126 valence electrons. The number of aromatic nitrogens is 2. The Morgan fingerprint density at radius 2 is 2.16 bits per heavy atom. The van der Waals surface area contributed by atoms with Crippen molar-refractivity contribution in [2.75, 3.05) is 16.8 Å². The number of nitrogens with zero attached hydrogens (tertiary/aromatic N) is 2. The minimum atomic E-state index is -0.399. The Kier molecular flexibility index (Phi) is 3.89. The Morgan fingerprint density at radius 1 is 1.28 bits per heavy atom. The summed E-state index contributed by atoms with van der Waals surface area (Å²) in [6.45, 7) is 0.345. The molecule has 2 heterocycles. The van der Waals surface area contributed by atoms with E-state index in [2.05, 4.69) is 15.3 Å². The van der Waals surface area contributed by atoms with Crippen LogP contribution in [0.2, 0.25) is 5.02 Å². The molecule has 0 bridgehead atoms. The summed E-state index contributed by atoms with van der Waals surface area (Å²) >= 11 is 5.99.